The van der Waals surface area contributed by atoms with Gasteiger partial charge < -0.3 is 19.6 Å². The van der Waals surface area contributed by atoms with Gasteiger partial charge in [0, 0.05) is 19.1 Å². The minimum Gasteiger partial charge on any atom is -0.481 e. The second-order valence-corrected chi connectivity index (χ2v) is 5.45. The molecule has 1 atom stereocenters. The third-order valence-electron chi connectivity index (χ3n) is 3.86. The van der Waals surface area contributed by atoms with Gasteiger partial charge >= 0.3 is 18.0 Å². The van der Waals surface area contributed by atoms with Crippen molar-refractivity contribution < 1.29 is 24.2 Å². The van der Waals surface area contributed by atoms with E-state index in [-0.39, 0.29) is 31.0 Å². The van der Waals surface area contributed by atoms with Gasteiger partial charge in [0.1, 0.15) is 6.04 Å². The predicted molar refractivity (Wildman–Crippen MR) is 73.7 cm³/mol. The summed E-state index contributed by atoms with van der Waals surface area (Å²) in [5.74, 6) is -1.28. The SMILES string of the molecule is CCOC(=O)C1CCCN1C(=O)N(CCC(=O)O)C1CC1. The zero-order chi connectivity index (χ0) is 15.4. The molecule has 0 aromatic heterocycles. The van der Waals surface area contributed by atoms with Gasteiger partial charge in [-0.15, -0.1) is 0 Å². The van der Waals surface area contributed by atoms with E-state index in [1.54, 1.807) is 11.8 Å². The second kappa shape index (κ2) is 6.78. The van der Waals surface area contributed by atoms with Crippen LogP contribution in [0.1, 0.15) is 39.0 Å². The lowest BCUT2D eigenvalue weighted by Crippen LogP contribution is -2.49. The van der Waals surface area contributed by atoms with Crippen molar-refractivity contribution in [3.63, 3.8) is 0 Å². The summed E-state index contributed by atoms with van der Waals surface area (Å²) in [4.78, 5) is 38.4. The van der Waals surface area contributed by atoms with Crippen LogP contribution in [0.2, 0.25) is 0 Å². The number of carboxylic acid groups (broad SMARTS) is 1. The Hall–Kier alpha value is -1.79. The van der Waals surface area contributed by atoms with E-state index < -0.39 is 12.0 Å². The third-order valence-corrected chi connectivity index (χ3v) is 3.86. The predicted octanol–water partition coefficient (Wildman–Crippen LogP) is 1.07. The summed E-state index contributed by atoms with van der Waals surface area (Å²) < 4.78 is 5.01. The van der Waals surface area contributed by atoms with Crippen LogP contribution in [0.3, 0.4) is 0 Å². The van der Waals surface area contributed by atoms with E-state index in [2.05, 4.69) is 0 Å². The number of hydrogen-bond donors (Lipinski definition) is 1. The van der Waals surface area contributed by atoms with Crippen LogP contribution in [0.15, 0.2) is 0 Å². The van der Waals surface area contributed by atoms with Crippen LogP contribution in [-0.4, -0.2) is 64.7 Å². The zero-order valence-corrected chi connectivity index (χ0v) is 12.3. The standard InChI is InChI=1S/C14H22N2O5/c1-2-21-13(19)11-4-3-8-16(11)14(20)15(10-5-6-10)9-7-12(17)18/h10-11H,2-9H2,1H3,(H,17,18). The number of amides is 2. The number of aliphatic carboxylic acids is 1. The molecular formula is C14H22N2O5. The van der Waals surface area contributed by atoms with Crippen molar-refractivity contribution in [1.29, 1.82) is 0 Å². The van der Waals surface area contributed by atoms with E-state index in [4.69, 9.17) is 9.84 Å². The number of carbonyl (C=O) groups is 3. The highest BCUT2D eigenvalue weighted by Crippen LogP contribution is 2.30. The first kappa shape index (κ1) is 15.6. The average molecular weight is 298 g/mol. The number of carbonyl (C=O) groups excluding carboxylic acids is 2. The van der Waals surface area contributed by atoms with Crippen LogP contribution in [-0.2, 0) is 14.3 Å². The Morgan fingerprint density at radius 2 is 2.00 bits per heavy atom. The summed E-state index contributed by atoms with van der Waals surface area (Å²) in [5, 5.41) is 8.80. The van der Waals surface area contributed by atoms with Crippen molar-refractivity contribution >= 4 is 18.0 Å². The molecule has 0 spiro atoms. The van der Waals surface area contributed by atoms with Gasteiger partial charge in [-0.05, 0) is 32.6 Å². The van der Waals surface area contributed by atoms with E-state index in [9.17, 15) is 14.4 Å². The van der Waals surface area contributed by atoms with E-state index >= 15 is 0 Å². The fraction of sp³-hybridized carbons (Fsp3) is 0.786. The zero-order valence-electron chi connectivity index (χ0n) is 12.3. The molecule has 1 aliphatic heterocycles. The van der Waals surface area contributed by atoms with Crippen molar-refractivity contribution in [2.45, 2.75) is 51.1 Å². The van der Waals surface area contributed by atoms with Crippen LogP contribution >= 0.6 is 0 Å². The van der Waals surface area contributed by atoms with Crippen molar-refractivity contribution in [2.75, 3.05) is 19.7 Å². The van der Waals surface area contributed by atoms with E-state index in [0.717, 1.165) is 19.3 Å². The summed E-state index contributed by atoms with van der Waals surface area (Å²) in [6.07, 6.45) is 3.13. The molecule has 1 unspecified atom stereocenters. The Bertz CT molecular complexity index is 422. The number of hydrogen-bond acceptors (Lipinski definition) is 4. The maximum absolute atomic E-state index is 12.6. The highest BCUT2D eigenvalue weighted by molar-refractivity contribution is 5.85. The lowest BCUT2D eigenvalue weighted by Gasteiger charge is -2.30. The van der Waals surface area contributed by atoms with Crippen molar-refractivity contribution in [3.8, 4) is 0 Å². The molecule has 1 N–H and O–H groups in total. The van der Waals surface area contributed by atoms with E-state index in [1.165, 1.54) is 4.90 Å². The fourth-order valence-electron chi connectivity index (χ4n) is 2.68. The number of esters is 1. The molecule has 0 radical (unpaired) electrons. The van der Waals surface area contributed by atoms with Gasteiger partial charge in [0.15, 0.2) is 0 Å². The van der Waals surface area contributed by atoms with E-state index in [0.29, 0.717) is 19.6 Å². The van der Waals surface area contributed by atoms with Gasteiger partial charge in [0.25, 0.3) is 0 Å². The lowest BCUT2D eigenvalue weighted by atomic mass is 10.2. The van der Waals surface area contributed by atoms with Gasteiger partial charge in [0.05, 0.1) is 13.0 Å². The summed E-state index contributed by atoms with van der Waals surface area (Å²) in [6.45, 7) is 2.76. The summed E-state index contributed by atoms with van der Waals surface area (Å²) >= 11 is 0. The topological polar surface area (TPSA) is 87.2 Å². The maximum atomic E-state index is 12.6. The van der Waals surface area contributed by atoms with Crippen molar-refractivity contribution in [2.24, 2.45) is 0 Å². The second-order valence-electron chi connectivity index (χ2n) is 5.45. The molecule has 0 aromatic rings. The molecule has 2 aliphatic rings. The quantitative estimate of drug-likeness (QED) is 0.741. The average Bonchev–Trinajstić information content (AvgIpc) is 3.14. The van der Waals surface area contributed by atoms with Crippen LogP contribution in [0.25, 0.3) is 0 Å². The molecule has 1 aliphatic carbocycles. The van der Waals surface area contributed by atoms with E-state index in [1.807, 2.05) is 0 Å². The number of nitrogens with zero attached hydrogens (tertiary/aromatic N) is 2. The first-order valence-corrected chi connectivity index (χ1v) is 7.50. The summed E-state index contributed by atoms with van der Waals surface area (Å²) in [5.41, 5.74) is 0. The molecule has 1 heterocycles. The number of rotatable bonds is 6. The highest BCUT2D eigenvalue weighted by Gasteiger charge is 2.41. The largest absolute Gasteiger partial charge is 0.481 e. The molecule has 21 heavy (non-hydrogen) atoms. The minimum atomic E-state index is -0.920. The van der Waals surface area contributed by atoms with Crippen LogP contribution in [0, 0.1) is 0 Å². The van der Waals surface area contributed by atoms with Crippen LogP contribution < -0.4 is 0 Å². The maximum Gasteiger partial charge on any atom is 0.328 e. The normalized spacial score (nSPS) is 21.2. The van der Waals surface area contributed by atoms with Crippen LogP contribution in [0.5, 0.6) is 0 Å². The molecule has 7 heteroatoms. The molecule has 7 nitrogen and oxygen atoms in total. The summed E-state index contributed by atoms with van der Waals surface area (Å²) in [7, 11) is 0. The third kappa shape index (κ3) is 3.86. The van der Waals surface area contributed by atoms with Crippen molar-refractivity contribution in [1.82, 2.24) is 9.80 Å². The Labute approximate surface area is 123 Å². The monoisotopic (exact) mass is 298 g/mol. The minimum absolute atomic E-state index is 0.0693. The molecule has 0 bridgehead atoms. The molecule has 1 saturated carbocycles. The number of ether oxygens (including phenoxy) is 1. The van der Waals surface area contributed by atoms with Gasteiger partial charge in [0.2, 0.25) is 0 Å². The Morgan fingerprint density at radius 3 is 2.57 bits per heavy atom. The summed E-state index contributed by atoms with van der Waals surface area (Å²) in [6, 6.07) is -0.627. The van der Waals surface area contributed by atoms with Gasteiger partial charge in [-0.3, -0.25) is 4.79 Å². The Morgan fingerprint density at radius 1 is 1.29 bits per heavy atom. The molecule has 2 rings (SSSR count). The highest BCUT2D eigenvalue weighted by atomic mass is 16.5. The Balaban J connectivity index is 2.01. The van der Waals surface area contributed by atoms with Gasteiger partial charge in [-0.1, -0.05) is 0 Å². The smallest absolute Gasteiger partial charge is 0.328 e. The number of carboxylic acids is 1. The van der Waals surface area contributed by atoms with Gasteiger partial charge in [-0.25, -0.2) is 9.59 Å². The van der Waals surface area contributed by atoms with Crippen LogP contribution in [0.4, 0.5) is 4.79 Å². The van der Waals surface area contributed by atoms with Gasteiger partial charge in [-0.2, -0.15) is 0 Å². The molecule has 2 amide bonds. The first-order chi connectivity index (χ1) is 10.0. The number of likely N-dealkylation sites (tertiary alicyclic amines) is 1. The lowest BCUT2D eigenvalue weighted by molar-refractivity contribution is -0.147. The van der Waals surface area contributed by atoms with Crippen molar-refractivity contribution in [3.05, 3.63) is 0 Å². The molecule has 118 valence electrons. The Kier molecular flexibility index (Phi) is 5.03. The molecular weight excluding hydrogens is 276 g/mol. The number of urea groups is 1. The first-order valence-electron chi connectivity index (χ1n) is 7.50. The molecule has 1 saturated heterocycles. The molecule has 2 fully saturated rings. The molecule has 0 aromatic carbocycles. The fourth-order valence-corrected chi connectivity index (χ4v) is 2.68.